The topological polar surface area (TPSA) is 70.0 Å². The largest absolute Gasteiger partial charge is 0.278 e. The molecule has 7 heteroatoms. The highest BCUT2D eigenvalue weighted by Crippen LogP contribution is 2.29. The number of benzene rings is 2. The Morgan fingerprint density at radius 3 is 2.45 bits per heavy atom. The molecule has 0 unspecified atom stereocenters. The Labute approximate surface area is 142 Å². The quantitative estimate of drug-likeness (QED) is 0.600. The van der Waals surface area contributed by atoms with Crippen LogP contribution >= 0.6 is 27.7 Å². The number of nitrogens with one attached hydrogen (secondary N) is 1. The van der Waals surface area contributed by atoms with Crippen LogP contribution in [0, 0.1) is 10.7 Å². The number of halogens is 1. The second kappa shape index (κ2) is 7.18. The Kier molecular flexibility index (Phi) is 5.51. The van der Waals surface area contributed by atoms with Crippen LogP contribution in [0.4, 0.5) is 5.69 Å². The summed E-state index contributed by atoms with van der Waals surface area (Å²) in [5, 5.41) is 10.6. The summed E-state index contributed by atoms with van der Waals surface area (Å²) in [7, 11) is -3.64. The first-order valence-electron chi connectivity index (χ1n) is 6.43. The average Bonchev–Trinajstić information content (AvgIpc) is 2.50. The molecular formula is C15H13BrN2O2S2. The van der Waals surface area contributed by atoms with E-state index in [2.05, 4.69) is 20.7 Å². The molecule has 0 heterocycles. The molecule has 114 valence electrons. The Hall–Kier alpha value is -1.49. The fourth-order valence-corrected chi connectivity index (χ4v) is 4.06. The lowest BCUT2D eigenvalue weighted by Gasteiger charge is -2.10. The number of thiocyanates is 1. The number of aryl methyl sites for hydroxylation is 1. The zero-order valence-electron chi connectivity index (χ0n) is 11.7. The molecular weight excluding hydrogens is 384 g/mol. The smallest absolute Gasteiger partial charge is 0.261 e. The van der Waals surface area contributed by atoms with Crippen molar-refractivity contribution in [2.75, 3.05) is 4.72 Å². The van der Waals surface area contributed by atoms with Gasteiger partial charge < -0.3 is 0 Å². The van der Waals surface area contributed by atoms with Crippen LogP contribution in [-0.2, 0) is 16.4 Å². The molecule has 2 aromatic rings. The molecule has 0 saturated carbocycles. The number of hydrogen-bond donors (Lipinski definition) is 1. The van der Waals surface area contributed by atoms with Gasteiger partial charge >= 0.3 is 0 Å². The van der Waals surface area contributed by atoms with E-state index in [-0.39, 0.29) is 4.90 Å². The third-order valence-corrected chi connectivity index (χ3v) is 5.61. The fourth-order valence-electron chi connectivity index (χ4n) is 1.80. The molecule has 2 aromatic carbocycles. The minimum absolute atomic E-state index is 0.215. The maximum atomic E-state index is 12.4. The van der Waals surface area contributed by atoms with Crippen LogP contribution in [0.2, 0.25) is 0 Å². The summed E-state index contributed by atoms with van der Waals surface area (Å²) in [5.74, 6) is 0. The van der Waals surface area contributed by atoms with Crippen molar-refractivity contribution in [2.24, 2.45) is 0 Å². The summed E-state index contributed by atoms with van der Waals surface area (Å²) in [5.41, 5.74) is 1.51. The molecule has 0 bridgehead atoms. The van der Waals surface area contributed by atoms with Crippen molar-refractivity contribution in [3.8, 4) is 5.40 Å². The lowest BCUT2D eigenvalue weighted by molar-refractivity contribution is 0.601. The second-order valence-electron chi connectivity index (χ2n) is 4.44. The Balaban J connectivity index is 2.26. The van der Waals surface area contributed by atoms with E-state index in [0.717, 1.165) is 28.6 Å². The lowest BCUT2D eigenvalue weighted by atomic mass is 10.2. The minimum atomic E-state index is -3.64. The highest BCUT2D eigenvalue weighted by Gasteiger charge is 2.15. The maximum absolute atomic E-state index is 12.4. The summed E-state index contributed by atoms with van der Waals surface area (Å²) in [6.07, 6.45) is 0.858. The first-order valence-corrected chi connectivity index (χ1v) is 9.53. The molecule has 0 aliphatic rings. The zero-order chi connectivity index (χ0) is 16.2. The monoisotopic (exact) mass is 396 g/mol. The van der Waals surface area contributed by atoms with E-state index in [0.29, 0.717) is 10.2 Å². The van der Waals surface area contributed by atoms with Crippen LogP contribution in [0.5, 0.6) is 0 Å². The fraction of sp³-hybridized carbons (Fsp3) is 0.133. The second-order valence-corrected chi connectivity index (χ2v) is 7.83. The average molecular weight is 397 g/mol. The number of thioether (sulfide) groups is 1. The van der Waals surface area contributed by atoms with Gasteiger partial charge in [-0.15, -0.1) is 0 Å². The molecule has 22 heavy (non-hydrogen) atoms. The van der Waals surface area contributed by atoms with Crippen molar-refractivity contribution in [3.63, 3.8) is 0 Å². The first kappa shape index (κ1) is 16.9. The normalized spacial score (nSPS) is 11.0. The lowest BCUT2D eigenvalue weighted by Crippen LogP contribution is -2.13. The summed E-state index contributed by atoms with van der Waals surface area (Å²) in [6, 6.07) is 11.8. The molecule has 4 nitrogen and oxygen atoms in total. The van der Waals surface area contributed by atoms with E-state index >= 15 is 0 Å². The van der Waals surface area contributed by atoms with Crippen molar-refractivity contribution in [1.82, 2.24) is 0 Å². The van der Waals surface area contributed by atoms with Crippen molar-refractivity contribution in [3.05, 3.63) is 52.5 Å². The van der Waals surface area contributed by atoms with E-state index in [1.807, 2.05) is 12.3 Å². The van der Waals surface area contributed by atoms with Crippen molar-refractivity contribution in [1.29, 1.82) is 5.26 Å². The van der Waals surface area contributed by atoms with Crippen LogP contribution in [0.15, 0.2) is 56.7 Å². The first-order chi connectivity index (χ1) is 10.5. The van der Waals surface area contributed by atoms with E-state index in [1.54, 1.807) is 42.5 Å². The van der Waals surface area contributed by atoms with Gasteiger partial charge in [0, 0.05) is 9.37 Å². The molecule has 0 aromatic heterocycles. The summed E-state index contributed by atoms with van der Waals surface area (Å²) < 4.78 is 27.9. The van der Waals surface area contributed by atoms with Gasteiger partial charge in [-0.25, -0.2) is 8.42 Å². The number of nitriles is 1. The summed E-state index contributed by atoms with van der Waals surface area (Å²) in [6.45, 7) is 2.01. The van der Waals surface area contributed by atoms with E-state index in [4.69, 9.17) is 5.26 Å². The Bertz CT molecular complexity index is 812. The minimum Gasteiger partial charge on any atom is -0.278 e. The van der Waals surface area contributed by atoms with Crippen LogP contribution in [0.1, 0.15) is 12.5 Å². The molecule has 0 atom stereocenters. The highest BCUT2D eigenvalue weighted by atomic mass is 79.9. The number of sulfonamides is 1. The van der Waals surface area contributed by atoms with Crippen LogP contribution < -0.4 is 4.72 Å². The van der Waals surface area contributed by atoms with E-state index < -0.39 is 10.0 Å². The third kappa shape index (κ3) is 4.03. The molecule has 0 saturated heterocycles. The molecule has 2 rings (SSSR count). The van der Waals surface area contributed by atoms with Gasteiger partial charge in [0.2, 0.25) is 0 Å². The molecule has 0 aliphatic heterocycles. The maximum Gasteiger partial charge on any atom is 0.261 e. The highest BCUT2D eigenvalue weighted by molar-refractivity contribution is 9.10. The third-order valence-electron chi connectivity index (χ3n) is 2.99. The molecule has 0 fully saturated rings. The van der Waals surface area contributed by atoms with Crippen LogP contribution in [-0.4, -0.2) is 8.42 Å². The van der Waals surface area contributed by atoms with Crippen molar-refractivity contribution < 1.29 is 8.42 Å². The predicted octanol–water partition coefficient (Wildman–Crippen LogP) is 4.39. The van der Waals surface area contributed by atoms with Gasteiger partial charge in [-0.1, -0.05) is 19.1 Å². The van der Waals surface area contributed by atoms with Gasteiger partial charge in [-0.2, -0.15) is 5.26 Å². The van der Waals surface area contributed by atoms with E-state index in [9.17, 15) is 8.42 Å². The van der Waals surface area contributed by atoms with Gasteiger partial charge in [0.25, 0.3) is 10.0 Å². The van der Waals surface area contributed by atoms with Crippen molar-refractivity contribution in [2.45, 2.75) is 23.1 Å². The summed E-state index contributed by atoms with van der Waals surface area (Å²) >= 11 is 4.33. The zero-order valence-corrected chi connectivity index (χ0v) is 14.9. The van der Waals surface area contributed by atoms with Gasteiger partial charge in [-0.05, 0) is 70.0 Å². The molecule has 0 radical (unpaired) electrons. The summed E-state index contributed by atoms with van der Waals surface area (Å²) in [4.78, 5) is 0.955. The molecule has 1 N–H and O–H groups in total. The molecule has 0 spiro atoms. The van der Waals surface area contributed by atoms with Gasteiger partial charge in [0.15, 0.2) is 0 Å². The Morgan fingerprint density at radius 1 is 1.23 bits per heavy atom. The van der Waals surface area contributed by atoms with Gasteiger partial charge in [0.1, 0.15) is 5.40 Å². The van der Waals surface area contributed by atoms with E-state index in [1.165, 1.54) is 0 Å². The number of anilines is 1. The van der Waals surface area contributed by atoms with Crippen molar-refractivity contribution >= 4 is 43.4 Å². The van der Waals surface area contributed by atoms with Gasteiger partial charge in [-0.3, -0.25) is 4.72 Å². The number of rotatable bonds is 5. The molecule has 0 amide bonds. The standard InChI is InChI=1S/C15H13BrN2O2S2/c1-2-11-3-6-13(7-4-11)22(19,20)18-15-8-5-12(21-10-17)9-14(15)16/h3-9,18H,2H2,1H3. The van der Waals surface area contributed by atoms with Crippen LogP contribution in [0.25, 0.3) is 0 Å². The number of nitrogens with zero attached hydrogens (tertiary/aromatic N) is 1. The Morgan fingerprint density at radius 2 is 1.91 bits per heavy atom. The van der Waals surface area contributed by atoms with Crippen LogP contribution in [0.3, 0.4) is 0 Å². The molecule has 0 aliphatic carbocycles. The SMILES string of the molecule is CCc1ccc(S(=O)(=O)Nc2ccc(SC#N)cc2Br)cc1. The number of hydrogen-bond acceptors (Lipinski definition) is 4. The van der Waals surface area contributed by atoms with Gasteiger partial charge in [0.05, 0.1) is 10.6 Å². The predicted molar refractivity (Wildman–Crippen MR) is 92.2 cm³/mol.